The molecule has 98 valence electrons. The molecule has 0 bridgehead atoms. The molecule has 0 saturated heterocycles. The third-order valence-corrected chi connectivity index (χ3v) is 3.54. The predicted molar refractivity (Wildman–Crippen MR) is 83.8 cm³/mol. The van der Waals surface area contributed by atoms with E-state index < -0.39 is 0 Å². The van der Waals surface area contributed by atoms with E-state index in [0.717, 1.165) is 21.7 Å². The maximum Gasteiger partial charge on any atom is 0.194 e. The average molecular weight is 262 g/mol. The lowest BCUT2D eigenvalue weighted by molar-refractivity contribution is 0.350. The number of hydrogen-bond acceptors (Lipinski definition) is 2. The van der Waals surface area contributed by atoms with Gasteiger partial charge in [-0.15, -0.1) is 0 Å². The van der Waals surface area contributed by atoms with Gasteiger partial charge in [0.15, 0.2) is 5.43 Å². The van der Waals surface area contributed by atoms with Crippen LogP contribution in [-0.2, 0) is 0 Å². The van der Waals surface area contributed by atoms with Gasteiger partial charge in [0.25, 0.3) is 0 Å². The number of fused-ring (bicyclic) bond motifs is 2. The molecule has 0 unspecified atom stereocenters. The van der Waals surface area contributed by atoms with Gasteiger partial charge in [0.1, 0.15) is 0 Å². The Hall–Kier alpha value is -2.45. The minimum atomic E-state index is -0.0866. The summed E-state index contributed by atoms with van der Waals surface area (Å²) in [7, 11) is 0. The second-order valence-electron chi connectivity index (χ2n) is 4.81. The van der Waals surface area contributed by atoms with Gasteiger partial charge in [0.2, 0.25) is 0 Å². The van der Waals surface area contributed by atoms with Gasteiger partial charge in [-0.1, -0.05) is 49.0 Å². The number of rotatable bonds is 2. The summed E-state index contributed by atoms with van der Waals surface area (Å²) in [4.78, 5) is 12.6. The zero-order chi connectivity index (χ0) is 14.1. The molecule has 2 heteroatoms. The van der Waals surface area contributed by atoms with E-state index in [9.17, 15) is 4.79 Å². The van der Waals surface area contributed by atoms with Crippen LogP contribution in [0.5, 0.6) is 0 Å². The SMILES string of the molecule is C=C(CO)c1ccc2c(=O)c3ccccc3ccc2c1. The van der Waals surface area contributed by atoms with Gasteiger partial charge in [0.05, 0.1) is 6.61 Å². The summed E-state index contributed by atoms with van der Waals surface area (Å²) in [5.74, 6) is 0. The Bertz CT molecular complexity index is 879. The van der Waals surface area contributed by atoms with Crippen molar-refractivity contribution in [2.45, 2.75) is 0 Å². The lowest BCUT2D eigenvalue weighted by Crippen LogP contribution is -1.98. The Morgan fingerprint density at radius 1 is 0.950 bits per heavy atom. The van der Waals surface area contributed by atoms with Crippen LogP contribution in [0.2, 0.25) is 0 Å². The van der Waals surface area contributed by atoms with E-state index in [0.29, 0.717) is 11.0 Å². The lowest BCUT2D eigenvalue weighted by atomic mass is 10.0. The highest BCUT2D eigenvalue weighted by Crippen LogP contribution is 2.20. The predicted octanol–water partition coefficient (Wildman–Crippen LogP) is 3.36. The van der Waals surface area contributed by atoms with Crippen molar-refractivity contribution in [1.82, 2.24) is 0 Å². The molecule has 0 spiro atoms. The van der Waals surface area contributed by atoms with Gasteiger partial charge in [-0.2, -0.15) is 0 Å². The third kappa shape index (κ3) is 2.00. The topological polar surface area (TPSA) is 37.3 Å². The largest absolute Gasteiger partial charge is 0.392 e. The van der Waals surface area contributed by atoms with Crippen LogP contribution in [0.15, 0.2) is 66.0 Å². The molecule has 3 rings (SSSR count). The molecular weight excluding hydrogens is 248 g/mol. The summed E-state index contributed by atoms with van der Waals surface area (Å²) in [5, 5.41) is 12.3. The Kier molecular flexibility index (Phi) is 3.09. The lowest BCUT2D eigenvalue weighted by Gasteiger charge is -2.02. The minimum absolute atomic E-state index is 0.0294. The van der Waals surface area contributed by atoms with Crippen LogP contribution in [0.4, 0.5) is 0 Å². The molecule has 0 fully saturated rings. The van der Waals surface area contributed by atoms with Gasteiger partial charge in [0, 0.05) is 10.8 Å². The highest BCUT2D eigenvalue weighted by Gasteiger charge is 2.04. The fourth-order valence-corrected chi connectivity index (χ4v) is 2.39. The van der Waals surface area contributed by atoms with Crippen molar-refractivity contribution in [3.63, 3.8) is 0 Å². The van der Waals surface area contributed by atoms with Gasteiger partial charge >= 0.3 is 0 Å². The highest BCUT2D eigenvalue weighted by atomic mass is 16.3. The molecule has 0 aliphatic rings. The van der Waals surface area contributed by atoms with Crippen molar-refractivity contribution in [3.05, 3.63) is 77.0 Å². The van der Waals surface area contributed by atoms with Crippen molar-refractivity contribution in [1.29, 1.82) is 0 Å². The molecule has 0 amide bonds. The second-order valence-corrected chi connectivity index (χ2v) is 4.81. The van der Waals surface area contributed by atoms with Crippen molar-refractivity contribution in [2.24, 2.45) is 0 Å². The van der Waals surface area contributed by atoms with Crippen molar-refractivity contribution in [2.75, 3.05) is 6.61 Å². The first-order valence-corrected chi connectivity index (χ1v) is 6.45. The Morgan fingerprint density at radius 2 is 1.65 bits per heavy atom. The second kappa shape index (κ2) is 4.91. The van der Waals surface area contributed by atoms with E-state index in [2.05, 4.69) is 6.58 Å². The van der Waals surface area contributed by atoms with E-state index in [1.165, 1.54) is 0 Å². The molecule has 0 atom stereocenters. The molecule has 3 aromatic rings. The number of benzene rings is 2. The molecule has 1 N–H and O–H groups in total. The first kappa shape index (κ1) is 12.6. The molecule has 0 saturated carbocycles. The zero-order valence-corrected chi connectivity index (χ0v) is 11.0. The van der Waals surface area contributed by atoms with Crippen LogP contribution in [0.1, 0.15) is 5.56 Å². The van der Waals surface area contributed by atoms with Crippen LogP contribution in [0, 0.1) is 0 Å². The molecule has 20 heavy (non-hydrogen) atoms. The van der Waals surface area contributed by atoms with Gasteiger partial charge in [-0.3, -0.25) is 4.79 Å². The van der Waals surface area contributed by atoms with Gasteiger partial charge in [-0.25, -0.2) is 0 Å². The summed E-state index contributed by atoms with van der Waals surface area (Å²) in [6.07, 6.45) is 0. The van der Waals surface area contributed by atoms with Crippen LogP contribution >= 0.6 is 0 Å². The smallest absolute Gasteiger partial charge is 0.194 e. The van der Waals surface area contributed by atoms with E-state index in [4.69, 9.17) is 5.11 Å². The Labute approximate surface area is 116 Å². The molecule has 2 nitrogen and oxygen atoms in total. The first-order valence-electron chi connectivity index (χ1n) is 6.45. The normalized spacial score (nSPS) is 10.8. The van der Waals surface area contributed by atoms with Crippen LogP contribution in [-0.4, -0.2) is 11.7 Å². The third-order valence-electron chi connectivity index (χ3n) is 3.54. The molecule has 3 aromatic carbocycles. The fraction of sp³-hybridized carbons (Fsp3) is 0.0556. The summed E-state index contributed by atoms with van der Waals surface area (Å²) in [6, 6.07) is 17.0. The first-order chi connectivity index (χ1) is 9.70. The molecule has 0 radical (unpaired) electrons. The number of aliphatic hydroxyl groups is 1. The average Bonchev–Trinajstić information content (AvgIpc) is 2.64. The summed E-state index contributed by atoms with van der Waals surface area (Å²) in [6.45, 7) is 3.73. The number of hydrogen-bond donors (Lipinski definition) is 1. The highest BCUT2D eigenvalue weighted by molar-refractivity contribution is 5.94. The quantitative estimate of drug-likeness (QED) is 0.769. The van der Waals surface area contributed by atoms with E-state index in [1.807, 2.05) is 48.5 Å². The molecule has 0 heterocycles. The fourth-order valence-electron chi connectivity index (χ4n) is 2.39. The van der Waals surface area contributed by atoms with Crippen LogP contribution in [0.25, 0.3) is 27.1 Å². The molecule has 0 aromatic heterocycles. The molecular formula is C18H14O2. The minimum Gasteiger partial charge on any atom is -0.392 e. The van der Waals surface area contributed by atoms with Crippen LogP contribution < -0.4 is 5.43 Å². The summed E-state index contributed by atoms with van der Waals surface area (Å²) < 4.78 is 0. The Morgan fingerprint density at radius 3 is 2.45 bits per heavy atom. The molecule has 0 aliphatic heterocycles. The van der Waals surface area contributed by atoms with Gasteiger partial charge < -0.3 is 5.11 Å². The van der Waals surface area contributed by atoms with E-state index in [-0.39, 0.29) is 12.0 Å². The summed E-state index contributed by atoms with van der Waals surface area (Å²) in [5.41, 5.74) is 1.53. The summed E-state index contributed by atoms with van der Waals surface area (Å²) >= 11 is 0. The van der Waals surface area contributed by atoms with Crippen molar-refractivity contribution in [3.8, 4) is 0 Å². The van der Waals surface area contributed by atoms with E-state index in [1.54, 1.807) is 6.07 Å². The van der Waals surface area contributed by atoms with Crippen molar-refractivity contribution >= 4 is 27.1 Å². The van der Waals surface area contributed by atoms with Crippen molar-refractivity contribution < 1.29 is 5.11 Å². The monoisotopic (exact) mass is 262 g/mol. The molecule has 0 aliphatic carbocycles. The maximum atomic E-state index is 12.6. The van der Waals surface area contributed by atoms with E-state index >= 15 is 0 Å². The maximum absolute atomic E-state index is 12.6. The zero-order valence-electron chi connectivity index (χ0n) is 11.0. The Balaban J connectivity index is 2.42. The van der Waals surface area contributed by atoms with Gasteiger partial charge in [-0.05, 0) is 34.0 Å². The number of aliphatic hydroxyl groups excluding tert-OH is 1. The van der Waals surface area contributed by atoms with Crippen LogP contribution in [0.3, 0.4) is 0 Å². The standard InChI is InChI=1S/C18H14O2/c1-12(11-19)14-8-9-17-15(10-14)7-6-13-4-2-3-5-16(13)18(17)20/h2-10,19H,1,11H2.